The Bertz CT molecular complexity index is 903. The molecule has 0 saturated carbocycles. The second-order valence-electron chi connectivity index (χ2n) is 6.15. The van der Waals surface area contributed by atoms with E-state index in [1.54, 1.807) is 13.2 Å². The first-order chi connectivity index (χ1) is 13.2. The van der Waals surface area contributed by atoms with Crippen molar-refractivity contribution in [3.63, 3.8) is 0 Å². The zero-order chi connectivity index (χ0) is 19.1. The lowest BCUT2D eigenvalue weighted by atomic mass is 10.1. The fourth-order valence-electron chi connectivity index (χ4n) is 2.76. The zero-order valence-electron chi connectivity index (χ0n) is 15.5. The first-order valence-corrected chi connectivity index (χ1v) is 8.74. The number of carbonyl (C=O) groups is 1. The van der Waals surface area contributed by atoms with Crippen LogP contribution in [-0.2, 0) is 18.0 Å². The number of aryl methyl sites for hydroxylation is 1. The lowest BCUT2D eigenvalue weighted by Gasteiger charge is -2.13. The van der Waals surface area contributed by atoms with Crippen LogP contribution < -0.4 is 9.47 Å². The summed E-state index contributed by atoms with van der Waals surface area (Å²) in [7, 11) is 1.60. The van der Waals surface area contributed by atoms with Crippen LogP contribution in [0.15, 0.2) is 72.8 Å². The van der Waals surface area contributed by atoms with E-state index >= 15 is 0 Å². The Balaban J connectivity index is 1.69. The van der Waals surface area contributed by atoms with Gasteiger partial charge in [-0.15, -0.1) is 0 Å². The molecule has 0 N–H and O–H groups in total. The van der Waals surface area contributed by atoms with Crippen LogP contribution in [0.1, 0.15) is 27.0 Å². The Labute approximate surface area is 159 Å². The fourth-order valence-corrected chi connectivity index (χ4v) is 2.76. The van der Waals surface area contributed by atoms with Gasteiger partial charge in [0.25, 0.3) is 0 Å². The molecule has 0 aromatic heterocycles. The van der Waals surface area contributed by atoms with Gasteiger partial charge >= 0.3 is 5.97 Å². The minimum absolute atomic E-state index is 0.150. The van der Waals surface area contributed by atoms with E-state index in [1.807, 2.05) is 73.7 Å². The molecule has 138 valence electrons. The summed E-state index contributed by atoms with van der Waals surface area (Å²) in [5.74, 6) is 1.07. The largest absolute Gasteiger partial charge is 0.496 e. The highest BCUT2D eigenvalue weighted by Crippen LogP contribution is 2.22. The van der Waals surface area contributed by atoms with Crippen molar-refractivity contribution < 1.29 is 19.0 Å². The molecule has 0 aliphatic rings. The standard InChI is InChI=1S/C23H22O4/c1-17-12-13-22(25-2)19(14-17)16-27-23(24)21-11-7-6-8-18(21)15-26-20-9-4-3-5-10-20/h3-14H,15-16H2,1-2H3. The molecule has 3 rings (SSSR count). The van der Waals surface area contributed by atoms with Gasteiger partial charge in [-0.2, -0.15) is 0 Å². The topological polar surface area (TPSA) is 44.8 Å². The van der Waals surface area contributed by atoms with E-state index in [1.165, 1.54) is 0 Å². The van der Waals surface area contributed by atoms with Gasteiger partial charge in [0.15, 0.2) is 0 Å². The van der Waals surface area contributed by atoms with E-state index in [4.69, 9.17) is 14.2 Å². The maximum Gasteiger partial charge on any atom is 0.338 e. The smallest absolute Gasteiger partial charge is 0.338 e. The average molecular weight is 362 g/mol. The molecule has 0 heterocycles. The number of carbonyl (C=O) groups excluding carboxylic acids is 1. The lowest BCUT2D eigenvalue weighted by molar-refractivity contribution is 0.0467. The van der Waals surface area contributed by atoms with Gasteiger partial charge in [0.2, 0.25) is 0 Å². The van der Waals surface area contributed by atoms with Crippen molar-refractivity contribution in [3.8, 4) is 11.5 Å². The van der Waals surface area contributed by atoms with E-state index in [0.29, 0.717) is 17.9 Å². The van der Waals surface area contributed by atoms with Gasteiger partial charge in [-0.1, -0.05) is 48.0 Å². The van der Waals surface area contributed by atoms with Crippen molar-refractivity contribution in [1.82, 2.24) is 0 Å². The fraction of sp³-hybridized carbons (Fsp3) is 0.174. The van der Waals surface area contributed by atoms with E-state index in [9.17, 15) is 4.79 Å². The van der Waals surface area contributed by atoms with Gasteiger partial charge in [-0.25, -0.2) is 4.79 Å². The number of hydrogen-bond donors (Lipinski definition) is 0. The first-order valence-electron chi connectivity index (χ1n) is 8.74. The summed E-state index contributed by atoms with van der Waals surface area (Å²) < 4.78 is 16.6. The van der Waals surface area contributed by atoms with E-state index in [-0.39, 0.29) is 12.6 Å². The monoisotopic (exact) mass is 362 g/mol. The average Bonchev–Trinajstić information content (AvgIpc) is 2.71. The summed E-state index contributed by atoms with van der Waals surface area (Å²) in [5, 5.41) is 0. The predicted molar refractivity (Wildman–Crippen MR) is 104 cm³/mol. The molecule has 0 atom stereocenters. The van der Waals surface area contributed by atoms with Gasteiger partial charge in [-0.05, 0) is 37.3 Å². The maximum atomic E-state index is 12.6. The first kappa shape index (κ1) is 18.5. The molecule has 0 fully saturated rings. The Morgan fingerprint density at radius 1 is 0.852 bits per heavy atom. The third-order valence-corrected chi connectivity index (χ3v) is 4.17. The molecule has 4 heteroatoms. The van der Waals surface area contributed by atoms with Crippen LogP contribution in [-0.4, -0.2) is 13.1 Å². The van der Waals surface area contributed by atoms with Crippen LogP contribution >= 0.6 is 0 Å². The molecule has 0 amide bonds. The normalized spacial score (nSPS) is 10.3. The van der Waals surface area contributed by atoms with Crippen LogP contribution in [0.5, 0.6) is 11.5 Å². The van der Waals surface area contributed by atoms with E-state index < -0.39 is 0 Å². The predicted octanol–water partition coefficient (Wildman–Crippen LogP) is 4.94. The highest BCUT2D eigenvalue weighted by molar-refractivity contribution is 5.91. The van der Waals surface area contributed by atoms with Crippen LogP contribution in [0.2, 0.25) is 0 Å². The Hall–Kier alpha value is -3.27. The number of methoxy groups -OCH3 is 1. The van der Waals surface area contributed by atoms with Crippen molar-refractivity contribution in [2.75, 3.05) is 7.11 Å². The number of hydrogen-bond acceptors (Lipinski definition) is 4. The number of para-hydroxylation sites is 1. The van der Waals surface area contributed by atoms with Crippen molar-refractivity contribution in [2.24, 2.45) is 0 Å². The molecule has 0 radical (unpaired) electrons. The number of esters is 1. The molecule has 4 nitrogen and oxygen atoms in total. The van der Waals surface area contributed by atoms with E-state index in [0.717, 1.165) is 22.4 Å². The Morgan fingerprint density at radius 3 is 2.37 bits per heavy atom. The van der Waals surface area contributed by atoms with Crippen molar-refractivity contribution in [2.45, 2.75) is 20.1 Å². The molecule has 0 saturated heterocycles. The highest BCUT2D eigenvalue weighted by Gasteiger charge is 2.14. The Morgan fingerprint density at radius 2 is 1.59 bits per heavy atom. The SMILES string of the molecule is COc1ccc(C)cc1COC(=O)c1ccccc1COc1ccccc1. The van der Waals surface area contributed by atoms with Gasteiger partial charge < -0.3 is 14.2 Å². The van der Waals surface area contributed by atoms with Gasteiger partial charge in [0.05, 0.1) is 12.7 Å². The molecular weight excluding hydrogens is 340 g/mol. The molecule has 0 aliphatic heterocycles. The third-order valence-electron chi connectivity index (χ3n) is 4.17. The van der Waals surface area contributed by atoms with Crippen LogP contribution in [0, 0.1) is 6.92 Å². The summed E-state index contributed by atoms with van der Waals surface area (Å²) in [6.07, 6.45) is 0. The molecule has 3 aromatic rings. The molecule has 0 unspecified atom stereocenters. The minimum atomic E-state index is -0.383. The second-order valence-corrected chi connectivity index (χ2v) is 6.15. The summed E-state index contributed by atoms with van der Waals surface area (Å²) in [6, 6.07) is 22.6. The number of rotatable bonds is 7. The summed E-state index contributed by atoms with van der Waals surface area (Å²) in [4.78, 5) is 12.6. The van der Waals surface area contributed by atoms with E-state index in [2.05, 4.69) is 0 Å². The van der Waals surface area contributed by atoms with Gasteiger partial charge in [-0.3, -0.25) is 0 Å². The summed E-state index contributed by atoms with van der Waals surface area (Å²) >= 11 is 0. The summed E-state index contributed by atoms with van der Waals surface area (Å²) in [5.41, 5.74) is 3.20. The van der Waals surface area contributed by atoms with Crippen molar-refractivity contribution >= 4 is 5.97 Å². The Kier molecular flexibility index (Phi) is 6.10. The minimum Gasteiger partial charge on any atom is -0.496 e. The molecule has 3 aromatic carbocycles. The molecular formula is C23H22O4. The van der Waals surface area contributed by atoms with Crippen LogP contribution in [0.3, 0.4) is 0 Å². The second kappa shape index (κ2) is 8.90. The quantitative estimate of drug-likeness (QED) is 0.559. The number of benzene rings is 3. The van der Waals surface area contributed by atoms with Crippen LogP contribution in [0.4, 0.5) is 0 Å². The summed E-state index contributed by atoms with van der Waals surface area (Å²) in [6.45, 7) is 2.43. The molecule has 0 aliphatic carbocycles. The molecule has 0 bridgehead atoms. The highest BCUT2D eigenvalue weighted by atomic mass is 16.5. The van der Waals surface area contributed by atoms with Crippen LogP contribution in [0.25, 0.3) is 0 Å². The molecule has 0 spiro atoms. The molecule has 27 heavy (non-hydrogen) atoms. The van der Waals surface area contributed by atoms with Gasteiger partial charge in [0.1, 0.15) is 24.7 Å². The van der Waals surface area contributed by atoms with Gasteiger partial charge in [0, 0.05) is 11.1 Å². The maximum absolute atomic E-state index is 12.6. The third kappa shape index (κ3) is 4.88. The van der Waals surface area contributed by atoms with Crippen molar-refractivity contribution in [1.29, 1.82) is 0 Å². The number of ether oxygens (including phenoxy) is 3. The lowest BCUT2D eigenvalue weighted by Crippen LogP contribution is -2.10. The van der Waals surface area contributed by atoms with Crippen molar-refractivity contribution in [3.05, 3.63) is 95.1 Å². The zero-order valence-corrected chi connectivity index (χ0v) is 15.5.